The molecule has 0 aromatic carbocycles. The summed E-state index contributed by atoms with van der Waals surface area (Å²) in [6.45, 7) is 3.77. The van der Waals surface area contributed by atoms with E-state index in [1.54, 1.807) is 11.3 Å². The summed E-state index contributed by atoms with van der Waals surface area (Å²) >= 11 is 5.17. The number of aromatic nitrogens is 2. The molecule has 0 unspecified atom stereocenters. The zero-order chi connectivity index (χ0) is 14.4. The van der Waals surface area contributed by atoms with Crippen molar-refractivity contribution in [2.75, 3.05) is 24.3 Å². The number of thiophene rings is 1. The van der Waals surface area contributed by atoms with E-state index < -0.39 is 0 Å². The number of halogens is 1. The van der Waals surface area contributed by atoms with Crippen LogP contribution in [0.5, 0.6) is 0 Å². The lowest BCUT2D eigenvalue weighted by Crippen LogP contribution is -2.07. The average Bonchev–Trinajstić information content (AvgIpc) is 2.88. The predicted molar refractivity (Wildman–Crippen MR) is 86.3 cm³/mol. The van der Waals surface area contributed by atoms with Crippen LogP contribution < -0.4 is 10.6 Å². The van der Waals surface area contributed by atoms with Crippen LogP contribution in [0.1, 0.15) is 17.6 Å². The fourth-order valence-electron chi connectivity index (χ4n) is 1.60. The van der Waals surface area contributed by atoms with Crippen LogP contribution in [-0.2, 0) is 17.9 Å². The highest BCUT2D eigenvalue weighted by molar-refractivity contribution is 9.11. The molecule has 0 fully saturated rings. The monoisotopic (exact) mass is 356 g/mol. The molecule has 0 spiro atoms. The van der Waals surface area contributed by atoms with Gasteiger partial charge in [-0.1, -0.05) is 0 Å². The average molecular weight is 357 g/mol. The maximum atomic E-state index is 5.36. The van der Waals surface area contributed by atoms with Crippen molar-refractivity contribution in [1.82, 2.24) is 9.97 Å². The van der Waals surface area contributed by atoms with Crippen molar-refractivity contribution < 1.29 is 4.74 Å². The minimum Gasteiger partial charge on any atom is -0.374 e. The highest BCUT2D eigenvalue weighted by Gasteiger charge is 2.05. The first-order chi connectivity index (χ1) is 9.71. The molecule has 108 valence electrons. The Morgan fingerprint density at radius 2 is 2.10 bits per heavy atom. The Morgan fingerprint density at radius 1 is 1.30 bits per heavy atom. The van der Waals surface area contributed by atoms with Crippen molar-refractivity contribution >= 4 is 38.9 Å². The van der Waals surface area contributed by atoms with E-state index >= 15 is 0 Å². The van der Waals surface area contributed by atoms with Crippen molar-refractivity contribution in [3.63, 3.8) is 0 Å². The molecule has 0 aliphatic carbocycles. The lowest BCUT2D eigenvalue weighted by Gasteiger charge is -2.09. The first-order valence-electron chi connectivity index (χ1n) is 6.32. The Bertz CT molecular complexity index is 561. The summed E-state index contributed by atoms with van der Waals surface area (Å²) in [5.74, 6) is 2.25. The Labute approximate surface area is 130 Å². The number of rotatable bonds is 7. The third kappa shape index (κ3) is 4.43. The summed E-state index contributed by atoms with van der Waals surface area (Å²) < 4.78 is 6.49. The normalized spacial score (nSPS) is 10.6. The van der Waals surface area contributed by atoms with Crippen molar-refractivity contribution in [1.29, 1.82) is 0 Å². The molecule has 5 nitrogen and oxygen atoms in total. The van der Waals surface area contributed by atoms with Crippen LogP contribution in [0, 0.1) is 0 Å². The zero-order valence-corrected chi connectivity index (χ0v) is 13.8. The number of nitrogens with one attached hydrogen (secondary N) is 2. The molecule has 0 bridgehead atoms. The summed E-state index contributed by atoms with van der Waals surface area (Å²) in [6, 6.07) is 6.02. The van der Waals surface area contributed by atoms with E-state index in [-0.39, 0.29) is 0 Å². The Morgan fingerprint density at radius 3 is 2.75 bits per heavy atom. The number of hydrogen-bond acceptors (Lipinski definition) is 6. The fraction of sp³-hybridized carbons (Fsp3) is 0.385. The molecule has 2 aromatic heterocycles. The van der Waals surface area contributed by atoms with E-state index in [0.717, 1.165) is 22.0 Å². The maximum Gasteiger partial charge on any atom is 0.158 e. The van der Waals surface area contributed by atoms with Crippen LogP contribution in [0.3, 0.4) is 0 Å². The molecule has 0 amide bonds. The molecular formula is C13H17BrN4OS. The van der Waals surface area contributed by atoms with Crippen LogP contribution in [0.25, 0.3) is 0 Å². The van der Waals surface area contributed by atoms with Gasteiger partial charge in [0.2, 0.25) is 0 Å². The van der Waals surface area contributed by atoms with Gasteiger partial charge in [0.25, 0.3) is 0 Å². The van der Waals surface area contributed by atoms with E-state index in [1.807, 2.05) is 26.1 Å². The van der Waals surface area contributed by atoms with Gasteiger partial charge in [-0.05, 0) is 35.0 Å². The van der Waals surface area contributed by atoms with E-state index in [4.69, 9.17) is 4.74 Å². The fourth-order valence-corrected chi connectivity index (χ4v) is 3.02. The van der Waals surface area contributed by atoms with E-state index in [9.17, 15) is 0 Å². The van der Waals surface area contributed by atoms with Gasteiger partial charge in [0, 0.05) is 24.6 Å². The molecule has 7 heteroatoms. The predicted octanol–water partition coefficient (Wildman–Crippen LogP) is 3.49. The molecule has 2 aromatic rings. The van der Waals surface area contributed by atoms with Crippen LogP contribution in [0.15, 0.2) is 22.0 Å². The quantitative estimate of drug-likeness (QED) is 0.794. The van der Waals surface area contributed by atoms with Gasteiger partial charge < -0.3 is 15.4 Å². The van der Waals surface area contributed by atoms with Gasteiger partial charge in [0.15, 0.2) is 5.82 Å². The van der Waals surface area contributed by atoms with Gasteiger partial charge in [0.1, 0.15) is 18.2 Å². The second-order valence-corrected chi connectivity index (χ2v) is 6.55. The van der Waals surface area contributed by atoms with Crippen LogP contribution in [-0.4, -0.2) is 23.6 Å². The number of hydrogen-bond donors (Lipinski definition) is 2. The third-order valence-electron chi connectivity index (χ3n) is 2.54. The SMILES string of the molecule is CCOCc1nc(NC)cc(NCc2ccc(Br)s2)n1. The third-order valence-corrected chi connectivity index (χ3v) is 4.16. The van der Waals surface area contributed by atoms with E-state index in [0.29, 0.717) is 19.0 Å². The van der Waals surface area contributed by atoms with Gasteiger partial charge >= 0.3 is 0 Å². The number of anilines is 2. The molecular weight excluding hydrogens is 340 g/mol. The van der Waals surface area contributed by atoms with Gasteiger partial charge in [-0.3, -0.25) is 0 Å². The Hall–Kier alpha value is -1.18. The molecule has 0 saturated heterocycles. The van der Waals surface area contributed by atoms with Gasteiger partial charge in [0.05, 0.1) is 10.3 Å². The maximum absolute atomic E-state index is 5.36. The summed E-state index contributed by atoms with van der Waals surface area (Å²) in [5.41, 5.74) is 0. The minimum absolute atomic E-state index is 0.422. The molecule has 2 rings (SSSR count). The van der Waals surface area contributed by atoms with Crippen LogP contribution in [0.2, 0.25) is 0 Å². The molecule has 0 saturated carbocycles. The molecule has 0 radical (unpaired) electrons. The second kappa shape index (κ2) is 7.56. The highest BCUT2D eigenvalue weighted by atomic mass is 79.9. The number of ether oxygens (including phenoxy) is 1. The van der Waals surface area contributed by atoms with Crippen molar-refractivity contribution in [2.24, 2.45) is 0 Å². The summed E-state index contributed by atoms with van der Waals surface area (Å²) in [5, 5.41) is 6.34. The van der Waals surface area contributed by atoms with Crippen molar-refractivity contribution in [2.45, 2.75) is 20.1 Å². The largest absolute Gasteiger partial charge is 0.374 e. The van der Waals surface area contributed by atoms with Gasteiger partial charge in [-0.25, -0.2) is 9.97 Å². The first-order valence-corrected chi connectivity index (χ1v) is 7.93. The topological polar surface area (TPSA) is 59.1 Å². The molecule has 0 aliphatic heterocycles. The lowest BCUT2D eigenvalue weighted by atomic mass is 10.4. The molecule has 2 N–H and O–H groups in total. The first kappa shape index (κ1) is 15.2. The van der Waals surface area contributed by atoms with E-state index in [1.165, 1.54) is 4.88 Å². The smallest absolute Gasteiger partial charge is 0.158 e. The molecule has 0 aliphatic rings. The molecule has 2 heterocycles. The lowest BCUT2D eigenvalue weighted by molar-refractivity contribution is 0.128. The Balaban J connectivity index is 2.05. The van der Waals surface area contributed by atoms with Crippen LogP contribution in [0.4, 0.5) is 11.6 Å². The summed E-state index contributed by atoms with van der Waals surface area (Å²) in [6.07, 6.45) is 0. The van der Waals surface area contributed by atoms with E-state index in [2.05, 4.69) is 42.6 Å². The van der Waals surface area contributed by atoms with Crippen molar-refractivity contribution in [3.8, 4) is 0 Å². The zero-order valence-electron chi connectivity index (χ0n) is 11.4. The molecule has 20 heavy (non-hydrogen) atoms. The van der Waals surface area contributed by atoms with Gasteiger partial charge in [-0.2, -0.15) is 0 Å². The summed E-state index contributed by atoms with van der Waals surface area (Å²) in [7, 11) is 1.84. The standard InChI is InChI=1S/C13H17BrN4OS/c1-3-19-8-13-17-11(15-2)6-12(18-13)16-7-9-4-5-10(14)20-9/h4-6H,3,7-8H2,1-2H3,(H2,15,16,17,18). The minimum atomic E-state index is 0.422. The number of nitrogens with zero attached hydrogens (tertiary/aromatic N) is 2. The van der Waals surface area contributed by atoms with Gasteiger partial charge in [-0.15, -0.1) is 11.3 Å². The van der Waals surface area contributed by atoms with Crippen LogP contribution >= 0.6 is 27.3 Å². The van der Waals surface area contributed by atoms with Crippen molar-refractivity contribution in [3.05, 3.63) is 32.7 Å². The molecule has 0 atom stereocenters. The highest BCUT2D eigenvalue weighted by Crippen LogP contribution is 2.23. The Kier molecular flexibility index (Phi) is 5.75. The second-order valence-electron chi connectivity index (χ2n) is 4.00. The summed E-state index contributed by atoms with van der Waals surface area (Å²) in [4.78, 5) is 10.0.